The van der Waals surface area contributed by atoms with Gasteiger partial charge in [-0.3, -0.25) is 4.79 Å². The molecule has 0 radical (unpaired) electrons. The Hall–Kier alpha value is -0.850. The molecule has 6 heteroatoms. The summed E-state index contributed by atoms with van der Waals surface area (Å²) >= 11 is 8.26. The van der Waals surface area contributed by atoms with Crippen molar-refractivity contribution < 1.29 is 4.79 Å². The quantitative estimate of drug-likeness (QED) is 0.732. The summed E-state index contributed by atoms with van der Waals surface area (Å²) in [6.45, 7) is 0.690. The molecule has 19 heavy (non-hydrogen) atoms. The number of halogens is 2. The molecule has 0 unspecified atom stereocenters. The van der Waals surface area contributed by atoms with Gasteiger partial charge in [0.2, 0.25) is 0 Å². The Morgan fingerprint density at radius 3 is 2.84 bits per heavy atom. The van der Waals surface area contributed by atoms with Crippen molar-refractivity contribution in [1.82, 2.24) is 0 Å². The highest BCUT2D eigenvalue weighted by Gasteiger charge is 2.28. The highest BCUT2D eigenvalue weighted by atomic mass is 79.9. The molecular weight excluding hydrogens is 392 g/mol. The van der Waals surface area contributed by atoms with Crippen LogP contribution in [0.3, 0.4) is 0 Å². The Kier molecular flexibility index (Phi) is 3.41. The molecule has 3 nitrogen and oxygen atoms in total. The van der Waals surface area contributed by atoms with Gasteiger partial charge in [0.15, 0.2) is 0 Å². The molecule has 0 fully saturated rings. The second-order valence-corrected chi connectivity index (χ2v) is 7.51. The molecule has 1 aliphatic heterocycles. The van der Waals surface area contributed by atoms with Crippen molar-refractivity contribution in [2.24, 2.45) is 0 Å². The summed E-state index contributed by atoms with van der Waals surface area (Å²) < 4.78 is 1.84. The van der Waals surface area contributed by atoms with E-state index < -0.39 is 0 Å². The standard InChI is InChI=1S/C13H10Br2N2OS/c14-8-6-11(19-12(8)15)13(18)17-5-4-7-9(16)2-1-3-10(7)17/h1-3,6H,4-5,16H2. The van der Waals surface area contributed by atoms with Gasteiger partial charge in [-0.25, -0.2) is 0 Å². The first-order valence-corrected chi connectivity index (χ1v) is 8.12. The number of nitrogens with zero attached hydrogens (tertiary/aromatic N) is 1. The molecule has 2 aromatic rings. The lowest BCUT2D eigenvalue weighted by Crippen LogP contribution is -2.28. The van der Waals surface area contributed by atoms with Gasteiger partial charge in [0.1, 0.15) is 0 Å². The first kappa shape index (κ1) is 13.1. The molecule has 0 aliphatic carbocycles. The zero-order chi connectivity index (χ0) is 13.6. The third kappa shape index (κ3) is 2.22. The third-order valence-corrected chi connectivity index (χ3v) is 6.41. The van der Waals surface area contributed by atoms with Crippen LogP contribution in [-0.4, -0.2) is 12.5 Å². The van der Waals surface area contributed by atoms with E-state index in [1.165, 1.54) is 11.3 Å². The van der Waals surface area contributed by atoms with Crippen LogP contribution in [0.15, 0.2) is 32.5 Å². The van der Waals surface area contributed by atoms with Crippen LogP contribution in [0.2, 0.25) is 0 Å². The summed E-state index contributed by atoms with van der Waals surface area (Å²) in [6.07, 6.45) is 0.821. The van der Waals surface area contributed by atoms with Crippen molar-refractivity contribution >= 4 is 60.5 Å². The second-order valence-electron chi connectivity index (χ2n) is 4.28. The lowest BCUT2D eigenvalue weighted by atomic mass is 10.1. The number of nitrogen functional groups attached to an aromatic ring is 1. The summed E-state index contributed by atoms with van der Waals surface area (Å²) in [6, 6.07) is 7.57. The average Bonchev–Trinajstić information content (AvgIpc) is 2.94. The highest BCUT2D eigenvalue weighted by molar-refractivity contribution is 9.13. The lowest BCUT2D eigenvalue weighted by Gasteiger charge is -2.16. The van der Waals surface area contributed by atoms with Crippen LogP contribution in [0.25, 0.3) is 0 Å². The van der Waals surface area contributed by atoms with Crippen LogP contribution in [-0.2, 0) is 6.42 Å². The number of nitrogens with two attached hydrogens (primary N) is 1. The molecule has 98 valence electrons. The molecule has 3 rings (SSSR count). The molecule has 0 spiro atoms. The van der Waals surface area contributed by atoms with E-state index >= 15 is 0 Å². The number of fused-ring (bicyclic) bond motifs is 1. The van der Waals surface area contributed by atoms with Crippen molar-refractivity contribution in [1.29, 1.82) is 0 Å². The number of hydrogen-bond acceptors (Lipinski definition) is 3. The van der Waals surface area contributed by atoms with Gasteiger partial charge in [0.05, 0.1) is 8.66 Å². The number of benzene rings is 1. The largest absolute Gasteiger partial charge is 0.398 e. The van der Waals surface area contributed by atoms with Crippen molar-refractivity contribution in [3.8, 4) is 0 Å². The minimum atomic E-state index is 0.0285. The summed E-state index contributed by atoms with van der Waals surface area (Å²) in [7, 11) is 0. The predicted molar refractivity (Wildman–Crippen MR) is 86.0 cm³/mol. The zero-order valence-electron chi connectivity index (χ0n) is 9.82. The molecular formula is C13H10Br2N2OS. The van der Waals surface area contributed by atoms with Crippen molar-refractivity contribution in [3.05, 3.63) is 43.0 Å². The third-order valence-electron chi connectivity index (χ3n) is 3.16. The first-order chi connectivity index (χ1) is 9.08. The fourth-order valence-electron chi connectivity index (χ4n) is 2.26. The van der Waals surface area contributed by atoms with Crippen LogP contribution in [0, 0.1) is 0 Å². The number of anilines is 2. The molecule has 2 heterocycles. The molecule has 0 saturated heterocycles. The van der Waals surface area contributed by atoms with E-state index in [2.05, 4.69) is 31.9 Å². The molecule has 1 aliphatic rings. The number of rotatable bonds is 1. The van der Waals surface area contributed by atoms with E-state index in [1.807, 2.05) is 24.3 Å². The van der Waals surface area contributed by atoms with E-state index in [-0.39, 0.29) is 5.91 Å². The van der Waals surface area contributed by atoms with Gasteiger partial charge in [-0.1, -0.05) is 6.07 Å². The minimum absolute atomic E-state index is 0.0285. The normalized spacial score (nSPS) is 13.7. The molecule has 1 aromatic carbocycles. The van der Waals surface area contributed by atoms with Gasteiger partial charge in [0, 0.05) is 28.0 Å². The Balaban J connectivity index is 1.98. The van der Waals surface area contributed by atoms with E-state index in [0.717, 1.165) is 31.6 Å². The van der Waals surface area contributed by atoms with Crippen molar-refractivity contribution in [2.45, 2.75) is 6.42 Å². The molecule has 0 bridgehead atoms. The number of amides is 1. The molecule has 0 atom stereocenters. The van der Waals surface area contributed by atoms with Crippen LogP contribution >= 0.6 is 43.2 Å². The van der Waals surface area contributed by atoms with Gasteiger partial charge in [-0.2, -0.15) is 0 Å². The average molecular weight is 402 g/mol. The van der Waals surface area contributed by atoms with E-state index in [1.54, 1.807) is 4.90 Å². The van der Waals surface area contributed by atoms with Gasteiger partial charge in [-0.15, -0.1) is 11.3 Å². The number of carbonyl (C=O) groups is 1. The van der Waals surface area contributed by atoms with Crippen LogP contribution in [0.4, 0.5) is 11.4 Å². The maximum atomic E-state index is 12.5. The second kappa shape index (κ2) is 4.92. The molecule has 1 amide bonds. The van der Waals surface area contributed by atoms with E-state index in [0.29, 0.717) is 11.4 Å². The van der Waals surface area contributed by atoms with Crippen LogP contribution in [0.1, 0.15) is 15.2 Å². The Morgan fingerprint density at radius 2 is 2.16 bits per heavy atom. The topological polar surface area (TPSA) is 46.3 Å². The number of carbonyl (C=O) groups excluding carboxylic acids is 1. The monoisotopic (exact) mass is 400 g/mol. The van der Waals surface area contributed by atoms with Crippen LogP contribution < -0.4 is 10.6 Å². The summed E-state index contributed by atoms with van der Waals surface area (Å²) in [5.41, 5.74) is 8.73. The van der Waals surface area contributed by atoms with Gasteiger partial charge in [0.25, 0.3) is 5.91 Å². The van der Waals surface area contributed by atoms with Gasteiger partial charge >= 0.3 is 0 Å². The first-order valence-electron chi connectivity index (χ1n) is 5.72. The summed E-state index contributed by atoms with van der Waals surface area (Å²) in [5.74, 6) is 0.0285. The Morgan fingerprint density at radius 1 is 1.37 bits per heavy atom. The van der Waals surface area contributed by atoms with Gasteiger partial charge in [-0.05, 0) is 56.5 Å². The predicted octanol–water partition coefficient (Wildman–Crippen LogP) is 4.06. The maximum Gasteiger partial charge on any atom is 0.268 e. The maximum absolute atomic E-state index is 12.5. The van der Waals surface area contributed by atoms with Crippen molar-refractivity contribution in [3.63, 3.8) is 0 Å². The lowest BCUT2D eigenvalue weighted by molar-refractivity contribution is 0.0993. The molecule has 1 aromatic heterocycles. The van der Waals surface area contributed by atoms with Gasteiger partial charge < -0.3 is 10.6 Å². The summed E-state index contributed by atoms with van der Waals surface area (Å²) in [4.78, 5) is 15.1. The zero-order valence-corrected chi connectivity index (χ0v) is 13.8. The Bertz CT molecular complexity index is 649. The SMILES string of the molecule is Nc1cccc2c1CCN2C(=O)c1cc(Br)c(Br)s1. The minimum Gasteiger partial charge on any atom is -0.398 e. The molecule has 2 N–H and O–H groups in total. The van der Waals surface area contributed by atoms with E-state index in [4.69, 9.17) is 5.73 Å². The molecule has 0 saturated carbocycles. The number of hydrogen-bond donors (Lipinski definition) is 1. The Labute approximate surface area is 131 Å². The number of thiophene rings is 1. The summed E-state index contributed by atoms with van der Waals surface area (Å²) in [5, 5.41) is 0. The smallest absolute Gasteiger partial charge is 0.268 e. The van der Waals surface area contributed by atoms with Crippen molar-refractivity contribution in [2.75, 3.05) is 17.2 Å². The highest BCUT2D eigenvalue weighted by Crippen LogP contribution is 2.37. The van der Waals surface area contributed by atoms with Crippen LogP contribution in [0.5, 0.6) is 0 Å². The fourth-order valence-corrected chi connectivity index (χ4v) is 4.24. The van der Waals surface area contributed by atoms with E-state index in [9.17, 15) is 4.79 Å². The fraction of sp³-hybridized carbons (Fsp3) is 0.154.